The molecule has 2 aromatic carbocycles. The highest BCUT2D eigenvalue weighted by atomic mass is 32.1. The molecule has 1 atom stereocenters. The van der Waals surface area contributed by atoms with Crippen molar-refractivity contribution in [1.29, 1.82) is 0 Å². The lowest BCUT2D eigenvalue weighted by molar-refractivity contribution is -0.274. The van der Waals surface area contributed by atoms with Crippen LogP contribution in [0, 0.1) is 5.41 Å². The summed E-state index contributed by atoms with van der Waals surface area (Å²) in [7, 11) is 0. The number of nitrogens with zero attached hydrogens (tertiary/aromatic N) is 3. The second-order valence-corrected chi connectivity index (χ2v) is 12.6. The lowest BCUT2D eigenvalue weighted by atomic mass is 9.97. The fraction of sp³-hybridized carbons (Fsp3) is 0.433. The summed E-state index contributed by atoms with van der Waals surface area (Å²) in [6.45, 7) is 4.03. The van der Waals surface area contributed by atoms with Gasteiger partial charge in [0.15, 0.2) is 10.9 Å². The summed E-state index contributed by atoms with van der Waals surface area (Å²) in [6, 6.07) is 12.0. The van der Waals surface area contributed by atoms with E-state index in [0.717, 1.165) is 77.4 Å². The number of nitrogens with one attached hydrogen (secondary N) is 1. The highest BCUT2D eigenvalue weighted by Crippen LogP contribution is 2.48. The van der Waals surface area contributed by atoms with Crippen LogP contribution < -0.4 is 20.1 Å². The van der Waals surface area contributed by atoms with Crippen LogP contribution in [0.4, 0.5) is 18.3 Å². The van der Waals surface area contributed by atoms with E-state index in [-0.39, 0.29) is 34.5 Å². The summed E-state index contributed by atoms with van der Waals surface area (Å²) in [5, 5.41) is 12.9. The zero-order chi connectivity index (χ0) is 30.4. The summed E-state index contributed by atoms with van der Waals surface area (Å²) < 4.78 is 50.2. The number of hydrogen-bond donors (Lipinski definition) is 3. The number of alkyl halides is 3. The number of ketones is 1. The van der Waals surface area contributed by atoms with Gasteiger partial charge in [-0.3, -0.25) is 9.93 Å². The molecule has 43 heavy (non-hydrogen) atoms. The number of carbonyl (C=O) groups is 1. The topological polar surface area (TPSA) is 107 Å². The fourth-order valence-electron chi connectivity index (χ4n) is 5.55. The van der Waals surface area contributed by atoms with Gasteiger partial charge in [0.1, 0.15) is 17.2 Å². The van der Waals surface area contributed by atoms with Gasteiger partial charge in [-0.1, -0.05) is 35.5 Å². The highest BCUT2D eigenvalue weighted by molar-refractivity contribution is 7.77. The quantitative estimate of drug-likeness (QED) is 0.136. The number of nitrogens with two attached hydrogens (primary N) is 1. The molecule has 4 aromatic rings. The van der Waals surface area contributed by atoms with Crippen molar-refractivity contribution in [2.45, 2.75) is 63.9 Å². The number of anilines is 1. The number of thiazole rings is 1. The van der Waals surface area contributed by atoms with Crippen molar-refractivity contribution >= 4 is 45.3 Å². The minimum absolute atomic E-state index is 0.158. The molecule has 13 heteroatoms. The molecule has 3 heterocycles. The number of hydrogen-bond acceptors (Lipinski definition) is 10. The molecular formula is C30H32F3N5O3S2. The minimum Gasteiger partial charge on any atom is -0.405 e. The molecule has 0 bridgehead atoms. The Hall–Kier alpha value is -3.13. The Morgan fingerprint density at radius 2 is 1.98 bits per heavy atom. The minimum atomic E-state index is -4.81. The van der Waals surface area contributed by atoms with Gasteiger partial charge in [-0.15, -0.1) is 26.0 Å². The van der Waals surface area contributed by atoms with E-state index < -0.39 is 6.36 Å². The lowest BCUT2D eigenvalue weighted by Crippen LogP contribution is -2.32. The van der Waals surface area contributed by atoms with E-state index in [9.17, 15) is 18.0 Å². The number of fused-ring (bicyclic) bond motifs is 1. The number of thiol groups is 1. The zero-order valence-corrected chi connectivity index (χ0v) is 25.2. The molecule has 0 amide bonds. The van der Waals surface area contributed by atoms with E-state index in [0.29, 0.717) is 12.2 Å². The Morgan fingerprint density at radius 1 is 1.21 bits per heavy atom. The van der Waals surface area contributed by atoms with E-state index in [4.69, 9.17) is 9.51 Å². The third-order valence-electron chi connectivity index (χ3n) is 8.35. The fourth-order valence-corrected chi connectivity index (χ4v) is 6.59. The molecule has 3 N–H and O–H groups in total. The van der Waals surface area contributed by atoms with Crippen LogP contribution in [-0.2, 0) is 6.54 Å². The van der Waals surface area contributed by atoms with Crippen molar-refractivity contribution in [2.24, 2.45) is 10.6 Å². The monoisotopic (exact) mass is 631 g/mol. The van der Waals surface area contributed by atoms with Gasteiger partial charge >= 0.3 is 6.36 Å². The van der Waals surface area contributed by atoms with Gasteiger partial charge in [0, 0.05) is 53.7 Å². The van der Waals surface area contributed by atoms with Gasteiger partial charge in [-0.25, -0.2) is 4.98 Å². The molecule has 1 aliphatic heterocycles. The maximum Gasteiger partial charge on any atom is 0.573 e. The van der Waals surface area contributed by atoms with Crippen LogP contribution in [-0.4, -0.2) is 41.4 Å². The number of benzene rings is 2. The van der Waals surface area contributed by atoms with Crippen LogP contribution in [0.2, 0.25) is 0 Å². The van der Waals surface area contributed by atoms with Crippen LogP contribution >= 0.6 is 24.2 Å². The third kappa shape index (κ3) is 6.40. The van der Waals surface area contributed by atoms with Crippen molar-refractivity contribution in [2.75, 3.05) is 18.0 Å². The second kappa shape index (κ2) is 11.8. The summed E-state index contributed by atoms with van der Waals surface area (Å²) in [6.07, 6.45) is -0.0603. The third-order valence-corrected chi connectivity index (χ3v) is 9.43. The average Bonchev–Trinajstić information content (AvgIpc) is 3.81. The molecule has 0 spiro atoms. The molecule has 3 fully saturated rings. The molecular weight excluding hydrogens is 599 g/mol. The number of para-hydroxylation sites is 1. The number of halogens is 3. The molecule has 2 aliphatic carbocycles. The smallest absolute Gasteiger partial charge is 0.405 e. The molecule has 1 saturated heterocycles. The van der Waals surface area contributed by atoms with Gasteiger partial charge < -0.3 is 19.5 Å². The Kier molecular flexibility index (Phi) is 8.18. The average molecular weight is 632 g/mol. The number of rotatable bonds is 9. The highest BCUT2D eigenvalue weighted by Gasteiger charge is 2.45. The van der Waals surface area contributed by atoms with Gasteiger partial charge in [0.25, 0.3) is 0 Å². The van der Waals surface area contributed by atoms with E-state index in [1.54, 1.807) is 23.5 Å². The SMILES string of the molecule is CC1(C(=O)c2ccc3nc(N4CCC(NCc5c(-c6ccccc6OC(F)(F)F)noc5C5CC5)C4)sc3c2)CC1.NS. The first kappa shape index (κ1) is 29.9. The van der Waals surface area contributed by atoms with Gasteiger partial charge in [0.05, 0.1) is 10.2 Å². The molecule has 228 valence electrons. The molecule has 3 aliphatic rings. The van der Waals surface area contributed by atoms with Gasteiger partial charge in [0.2, 0.25) is 0 Å². The number of ether oxygens (including phenoxy) is 1. The zero-order valence-electron chi connectivity index (χ0n) is 23.5. The number of aromatic nitrogens is 2. The molecule has 8 nitrogen and oxygen atoms in total. The number of Topliss-reactive ketones (excluding diaryl/α,β-unsaturated/α-hetero) is 1. The summed E-state index contributed by atoms with van der Waals surface area (Å²) in [5.74, 6) is 0.897. The second-order valence-electron chi connectivity index (χ2n) is 11.6. The normalized spacial score (nSPS) is 19.3. The predicted octanol–water partition coefficient (Wildman–Crippen LogP) is 6.87. The van der Waals surface area contributed by atoms with E-state index in [1.165, 1.54) is 12.1 Å². The summed E-state index contributed by atoms with van der Waals surface area (Å²) in [4.78, 5) is 19.9. The molecule has 2 saturated carbocycles. The molecule has 2 aromatic heterocycles. The Morgan fingerprint density at radius 3 is 2.70 bits per heavy atom. The van der Waals surface area contributed by atoms with Crippen molar-refractivity contribution in [3.8, 4) is 17.0 Å². The maximum atomic E-state index is 13.1. The Bertz CT molecular complexity index is 1630. The Balaban J connectivity index is 0.00000161. The summed E-state index contributed by atoms with van der Waals surface area (Å²) in [5.41, 5.74) is 2.87. The van der Waals surface area contributed by atoms with Crippen molar-refractivity contribution in [3.05, 3.63) is 59.4 Å². The van der Waals surface area contributed by atoms with Crippen LogP contribution in [0.1, 0.15) is 66.6 Å². The van der Waals surface area contributed by atoms with Crippen molar-refractivity contribution < 1.29 is 27.2 Å². The van der Waals surface area contributed by atoms with Crippen LogP contribution in [0.15, 0.2) is 47.0 Å². The molecule has 7 rings (SSSR count). The first-order valence-corrected chi connectivity index (χ1v) is 15.5. The first-order valence-electron chi connectivity index (χ1n) is 14.2. The van der Waals surface area contributed by atoms with Crippen molar-refractivity contribution in [3.63, 3.8) is 0 Å². The van der Waals surface area contributed by atoms with E-state index in [2.05, 4.69) is 38.1 Å². The van der Waals surface area contributed by atoms with E-state index >= 15 is 0 Å². The van der Waals surface area contributed by atoms with Crippen molar-refractivity contribution in [1.82, 2.24) is 15.5 Å². The Labute approximate surface area is 256 Å². The maximum absolute atomic E-state index is 13.1. The number of carbonyl (C=O) groups excluding carboxylic acids is 1. The van der Waals surface area contributed by atoms with Gasteiger partial charge in [-0.05, 0) is 62.4 Å². The standard InChI is InChI=1S/C30H29F3N4O3S.H3NS/c1-29(11-12-29)27(38)18-8-9-22-24(14-18)41-28(35-22)37-13-10-19(16-37)34-15-21-25(36-40-26(21)17-6-7-17)20-4-2-3-5-23(20)39-30(31,32)33;1-2/h2-5,8-9,14,17,19,34H,6-7,10-13,15-16H2,1H3;2H,1H2. The van der Waals surface area contributed by atoms with Crippen LogP contribution in [0.25, 0.3) is 21.5 Å². The van der Waals surface area contributed by atoms with Crippen LogP contribution in [0.3, 0.4) is 0 Å². The van der Waals surface area contributed by atoms with E-state index in [1.807, 2.05) is 25.1 Å². The lowest BCUT2D eigenvalue weighted by Gasteiger charge is -2.16. The van der Waals surface area contributed by atoms with Crippen LogP contribution in [0.5, 0.6) is 5.75 Å². The predicted molar refractivity (Wildman–Crippen MR) is 163 cm³/mol. The first-order chi connectivity index (χ1) is 20.7. The largest absolute Gasteiger partial charge is 0.573 e. The molecule has 0 radical (unpaired) electrons. The van der Waals surface area contributed by atoms with Gasteiger partial charge in [-0.2, -0.15) is 0 Å². The molecule has 1 unspecified atom stereocenters. The summed E-state index contributed by atoms with van der Waals surface area (Å²) >= 11 is 4.63.